The van der Waals surface area contributed by atoms with E-state index in [2.05, 4.69) is 11.7 Å². The molecule has 0 aliphatic carbocycles. The first-order valence-corrected chi connectivity index (χ1v) is 6.71. The number of ether oxygens (including phenoxy) is 1. The van der Waals surface area contributed by atoms with Crippen LogP contribution in [0.15, 0.2) is 18.2 Å². The van der Waals surface area contributed by atoms with Crippen molar-refractivity contribution < 1.29 is 19.6 Å². The molecule has 1 aromatic carbocycles. The maximum absolute atomic E-state index is 11.1. The van der Waals surface area contributed by atoms with Crippen molar-refractivity contribution in [3.63, 3.8) is 0 Å². The Bertz CT molecular complexity index is 473. The van der Waals surface area contributed by atoms with Gasteiger partial charge in [-0.05, 0) is 18.9 Å². The van der Waals surface area contributed by atoms with E-state index in [1.807, 2.05) is 0 Å². The Kier molecular flexibility index (Phi) is 6.49. The standard InChI is InChI=1S/C14H19NO5/c1-2-3-4-5-6-8-11-9-7-10-12(20-14(16)17)13(11)15(18)19/h7,9-10H,2-6,8H2,1H3,(H,16,17)/p-1. The van der Waals surface area contributed by atoms with E-state index in [0.717, 1.165) is 32.1 Å². The molecule has 0 N–H and O–H groups in total. The predicted molar refractivity (Wildman–Crippen MR) is 71.6 cm³/mol. The Balaban J connectivity index is 2.78. The number of aryl methyl sites for hydroxylation is 1. The molecule has 6 heteroatoms. The van der Waals surface area contributed by atoms with Gasteiger partial charge in [0.05, 0.1) is 4.92 Å². The molecule has 0 fully saturated rings. The highest BCUT2D eigenvalue weighted by Crippen LogP contribution is 2.31. The van der Waals surface area contributed by atoms with Crippen LogP contribution in [0.4, 0.5) is 10.5 Å². The van der Waals surface area contributed by atoms with Crippen LogP contribution in [0, 0.1) is 10.1 Å². The molecule has 0 saturated carbocycles. The molecule has 20 heavy (non-hydrogen) atoms. The van der Waals surface area contributed by atoms with E-state index < -0.39 is 11.1 Å². The Morgan fingerprint density at radius 3 is 2.55 bits per heavy atom. The van der Waals surface area contributed by atoms with Gasteiger partial charge in [-0.1, -0.05) is 44.7 Å². The van der Waals surface area contributed by atoms with Crippen molar-refractivity contribution in [3.05, 3.63) is 33.9 Å². The Morgan fingerprint density at radius 2 is 1.95 bits per heavy atom. The third-order valence-electron chi connectivity index (χ3n) is 3.01. The largest absolute Gasteiger partial charge is 0.507 e. The quantitative estimate of drug-likeness (QED) is 0.240. The highest BCUT2D eigenvalue weighted by molar-refractivity contribution is 5.64. The minimum absolute atomic E-state index is 0.277. The van der Waals surface area contributed by atoms with E-state index in [9.17, 15) is 20.0 Å². The summed E-state index contributed by atoms with van der Waals surface area (Å²) in [5, 5.41) is 21.5. The molecule has 0 spiro atoms. The molecule has 1 rings (SSSR count). The molecule has 6 nitrogen and oxygen atoms in total. The van der Waals surface area contributed by atoms with Crippen molar-refractivity contribution in [3.8, 4) is 5.75 Å². The monoisotopic (exact) mass is 280 g/mol. The molecule has 110 valence electrons. The van der Waals surface area contributed by atoms with Crippen LogP contribution in [0.3, 0.4) is 0 Å². The molecule has 0 radical (unpaired) electrons. The minimum atomic E-state index is -1.80. The lowest BCUT2D eigenvalue weighted by molar-refractivity contribution is -0.386. The first-order chi connectivity index (χ1) is 9.56. The Labute approximate surface area is 117 Å². The zero-order valence-corrected chi connectivity index (χ0v) is 11.5. The van der Waals surface area contributed by atoms with Crippen molar-refractivity contribution >= 4 is 11.8 Å². The van der Waals surface area contributed by atoms with Gasteiger partial charge in [-0.3, -0.25) is 10.1 Å². The normalized spacial score (nSPS) is 10.2. The molecule has 0 aliphatic heterocycles. The van der Waals surface area contributed by atoms with E-state index in [1.54, 1.807) is 12.1 Å². The number of carbonyl (C=O) groups is 1. The van der Waals surface area contributed by atoms with Gasteiger partial charge in [0.2, 0.25) is 0 Å². The van der Waals surface area contributed by atoms with Gasteiger partial charge in [-0.15, -0.1) is 0 Å². The van der Waals surface area contributed by atoms with Gasteiger partial charge in [-0.25, -0.2) is 0 Å². The zero-order chi connectivity index (χ0) is 15.0. The van der Waals surface area contributed by atoms with Gasteiger partial charge in [-0.2, -0.15) is 0 Å². The molecular formula is C14H18NO5-. The number of hydrogen-bond acceptors (Lipinski definition) is 5. The van der Waals surface area contributed by atoms with Crippen LogP contribution in [0.2, 0.25) is 0 Å². The van der Waals surface area contributed by atoms with E-state index in [4.69, 9.17) is 0 Å². The third-order valence-corrected chi connectivity index (χ3v) is 3.01. The van der Waals surface area contributed by atoms with E-state index >= 15 is 0 Å². The topological polar surface area (TPSA) is 92.5 Å². The first-order valence-electron chi connectivity index (χ1n) is 6.71. The summed E-state index contributed by atoms with van der Waals surface area (Å²) in [7, 11) is 0. The number of nitrogens with zero attached hydrogens (tertiary/aromatic N) is 1. The summed E-state index contributed by atoms with van der Waals surface area (Å²) < 4.78 is 4.36. The number of benzene rings is 1. The number of nitro groups is 1. The van der Waals surface area contributed by atoms with Crippen LogP contribution >= 0.6 is 0 Å². The summed E-state index contributed by atoms with van der Waals surface area (Å²) >= 11 is 0. The van der Waals surface area contributed by atoms with Crippen LogP contribution < -0.4 is 9.84 Å². The summed E-state index contributed by atoms with van der Waals surface area (Å²) in [6, 6.07) is 4.43. The lowest BCUT2D eigenvalue weighted by Crippen LogP contribution is -2.26. The molecule has 0 atom stereocenters. The molecule has 0 heterocycles. The van der Waals surface area contributed by atoms with Gasteiger partial charge in [0.25, 0.3) is 11.8 Å². The fourth-order valence-corrected chi connectivity index (χ4v) is 2.07. The number of carboxylic acid groups (broad SMARTS) is 1. The Morgan fingerprint density at radius 1 is 1.25 bits per heavy atom. The smallest absolute Gasteiger partial charge is 0.295 e. The van der Waals surface area contributed by atoms with Crippen molar-refractivity contribution in [2.24, 2.45) is 0 Å². The predicted octanol–water partition coefficient (Wildman–Crippen LogP) is 2.83. The third kappa shape index (κ3) is 4.87. The summed E-state index contributed by atoms with van der Waals surface area (Å²) in [6.45, 7) is 2.12. The van der Waals surface area contributed by atoms with Gasteiger partial charge >= 0.3 is 0 Å². The van der Waals surface area contributed by atoms with Gasteiger partial charge < -0.3 is 14.6 Å². The molecular weight excluding hydrogens is 262 g/mol. The number of para-hydroxylation sites is 1. The Hall–Kier alpha value is -2.11. The van der Waals surface area contributed by atoms with Gasteiger partial charge in [0.1, 0.15) is 5.75 Å². The van der Waals surface area contributed by atoms with Crippen molar-refractivity contribution in [1.82, 2.24) is 0 Å². The second-order valence-corrected chi connectivity index (χ2v) is 4.54. The second-order valence-electron chi connectivity index (χ2n) is 4.54. The van der Waals surface area contributed by atoms with Crippen LogP contribution in [-0.2, 0) is 6.42 Å². The fraction of sp³-hybridized carbons (Fsp3) is 0.500. The van der Waals surface area contributed by atoms with Gasteiger partial charge in [0, 0.05) is 5.56 Å². The molecule has 0 saturated heterocycles. The molecule has 0 bridgehead atoms. The number of hydrogen-bond donors (Lipinski definition) is 0. The zero-order valence-electron chi connectivity index (χ0n) is 11.5. The SMILES string of the molecule is CCCCCCCc1cccc(OC(=O)[O-])c1[N+](=O)[O-]. The molecule has 0 amide bonds. The molecule has 0 aliphatic rings. The average molecular weight is 280 g/mol. The number of nitro benzene ring substituents is 1. The molecule has 1 aromatic rings. The fourth-order valence-electron chi connectivity index (χ4n) is 2.07. The van der Waals surface area contributed by atoms with E-state index in [0.29, 0.717) is 12.0 Å². The van der Waals surface area contributed by atoms with Crippen molar-refractivity contribution in [2.45, 2.75) is 45.4 Å². The van der Waals surface area contributed by atoms with Crippen LogP contribution in [0.1, 0.15) is 44.6 Å². The lowest BCUT2D eigenvalue weighted by atomic mass is 10.0. The summed E-state index contributed by atoms with van der Waals surface area (Å²) in [6.07, 6.45) is 3.94. The number of unbranched alkanes of at least 4 members (excludes halogenated alkanes) is 4. The number of carbonyl (C=O) groups excluding carboxylic acids is 1. The van der Waals surface area contributed by atoms with E-state index in [1.165, 1.54) is 6.07 Å². The second kappa shape index (κ2) is 8.14. The highest BCUT2D eigenvalue weighted by atomic mass is 16.7. The molecule has 0 aromatic heterocycles. The van der Waals surface area contributed by atoms with Crippen molar-refractivity contribution in [2.75, 3.05) is 0 Å². The summed E-state index contributed by atoms with van der Waals surface area (Å²) in [4.78, 5) is 20.9. The maximum atomic E-state index is 11.1. The maximum Gasteiger partial charge on any atom is 0.295 e. The van der Waals surface area contributed by atoms with Crippen LogP contribution in [0.25, 0.3) is 0 Å². The lowest BCUT2D eigenvalue weighted by Gasteiger charge is -2.11. The first kappa shape index (κ1) is 15.9. The molecule has 0 unspecified atom stereocenters. The summed E-state index contributed by atoms with van der Waals surface area (Å²) in [5.41, 5.74) is 0.206. The number of rotatable bonds is 8. The summed E-state index contributed by atoms with van der Waals surface area (Å²) in [5.74, 6) is -0.277. The highest BCUT2D eigenvalue weighted by Gasteiger charge is 2.18. The van der Waals surface area contributed by atoms with Crippen molar-refractivity contribution in [1.29, 1.82) is 0 Å². The van der Waals surface area contributed by atoms with Crippen LogP contribution in [0.5, 0.6) is 5.75 Å². The van der Waals surface area contributed by atoms with Gasteiger partial charge in [0.15, 0.2) is 0 Å². The average Bonchev–Trinajstić information content (AvgIpc) is 2.37. The van der Waals surface area contributed by atoms with Crippen LogP contribution in [-0.4, -0.2) is 11.1 Å². The minimum Gasteiger partial charge on any atom is -0.507 e. The van der Waals surface area contributed by atoms with E-state index in [-0.39, 0.29) is 11.4 Å².